The first-order chi connectivity index (χ1) is 9.19. The molecule has 0 N–H and O–H groups in total. The van der Waals surface area contributed by atoms with Gasteiger partial charge >= 0.3 is 0 Å². The summed E-state index contributed by atoms with van der Waals surface area (Å²) in [6.45, 7) is 8.43. The number of benzene rings is 1. The Kier molecular flexibility index (Phi) is 4.29. The standard InChI is InChI=1S/C16H18N2O/c1-4-12(2)11-19-15-10-13(3)17-16(18-15)14-8-6-5-7-9-14/h5-10H,2,4,11H2,1,3H3. The fourth-order valence-electron chi connectivity index (χ4n) is 1.61. The van der Waals surface area contributed by atoms with Crippen LogP contribution in [-0.2, 0) is 0 Å². The Balaban J connectivity index is 2.22. The highest BCUT2D eigenvalue weighted by molar-refractivity contribution is 5.55. The Bertz CT molecular complexity index is 564. The number of rotatable bonds is 5. The van der Waals surface area contributed by atoms with Gasteiger partial charge in [0.2, 0.25) is 5.88 Å². The third-order valence-electron chi connectivity index (χ3n) is 2.79. The van der Waals surface area contributed by atoms with Gasteiger partial charge in [-0.15, -0.1) is 0 Å². The third-order valence-corrected chi connectivity index (χ3v) is 2.79. The van der Waals surface area contributed by atoms with Gasteiger partial charge in [0.05, 0.1) is 0 Å². The van der Waals surface area contributed by atoms with Crippen LogP contribution in [0, 0.1) is 6.92 Å². The lowest BCUT2D eigenvalue weighted by molar-refractivity contribution is 0.335. The first-order valence-electron chi connectivity index (χ1n) is 6.39. The maximum atomic E-state index is 5.65. The van der Waals surface area contributed by atoms with Gasteiger partial charge in [-0.1, -0.05) is 43.8 Å². The largest absolute Gasteiger partial charge is 0.473 e. The first kappa shape index (κ1) is 13.3. The van der Waals surface area contributed by atoms with Gasteiger partial charge < -0.3 is 4.74 Å². The Morgan fingerprint density at radius 1 is 1.21 bits per heavy atom. The summed E-state index contributed by atoms with van der Waals surface area (Å²) >= 11 is 0. The van der Waals surface area contributed by atoms with Gasteiger partial charge in [-0.3, -0.25) is 0 Å². The summed E-state index contributed by atoms with van der Waals surface area (Å²) in [5, 5.41) is 0. The SMILES string of the molecule is C=C(CC)COc1cc(C)nc(-c2ccccc2)n1. The molecular formula is C16H18N2O. The zero-order valence-electron chi connectivity index (χ0n) is 11.4. The molecule has 0 bridgehead atoms. The van der Waals surface area contributed by atoms with Gasteiger partial charge in [0, 0.05) is 17.3 Å². The number of nitrogens with zero attached hydrogens (tertiary/aromatic N) is 2. The predicted molar refractivity (Wildman–Crippen MR) is 77.1 cm³/mol. The van der Waals surface area contributed by atoms with E-state index < -0.39 is 0 Å². The van der Waals surface area contributed by atoms with E-state index in [9.17, 15) is 0 Å². The molecule has 3 nitrogen and oxygen atoms in total. The molecule has 0 unspecified atom stereocenters. The third kappa shape index (κ3) is 3.65. The van der Waals surface area contributed by atoms with Crippen molar-refractivity contribution in [3.05, 3.63) is 54.2 Å². The van der Waals surface area contributed by atoms with Crippen molar-refractivity contribution in [3.8, 4) is 17.3 Å². The van der Waals surface area contributed by atoms with Gasteiger partial charge in [0.15, 0.2) is 5.82 Å². The summed E-state index contributed by atoms with van der Waals surface area (Å²) in [7, 11) is 0. The van der Waals surface area contributed by atoms with Gasteiger partial charge in [0.25, 0.3) is 0 Å². The second-order valence-electron chi connectivity index (χ2n) is 4.43. The van der Waals surface area contributed by atoms with E-state index in [0.29, 0.717) is 18.3 Å². The molecule has 0 aliphatic heterocycles. The number of ether oxygens (including phenoxy) is 1. The van der Waals surface area contributed by atoms with Crippen LogP contribution in [0.4, 0.5) is 0 Å². The van der Waals surface area contributed by atoms with E-state index in [0.717, 1.165) is 23.3 Å². The van der Waals surface area contributed by atoms with Crippen molar-refractivity contribution >= 4 is 0 Å². The van der Waals surface area contributed by atoms with Crippen molar-refractivity contribution in [2.24, 2.45) is 0 Å². The van der Waals surface area contributed by atoms with Crippen molar-refractivity contribution in [2.45, 2.75) is 20.3 Å². The Hall–Kier alpha value is -2.16. The second-order valence-corrected chi connectivity index (χ2v) is 4.43. The maximum absolute atomic E-state index is 5.65. The lowest BCUT2D eigenvalue weighted by Gasteiger charge is -2.08. The molecule has 1 aromatic heterocycles. The average Bonchev–Trinajstić information content (AvgIpc) is 2.45. The molecule has 1 heterocycles. The first-order valence-corrected chi connectivity index (χ1v) is 6.39. The van der Waals surface area contributed by atoms with Crippen molar-refractivity contribution in [1.82, 2.24) is 9.97 Å². The zero-order chi connectivity index (χ0) is 13.7. The van der Waals surface area contributed by atoms with Crippen molar-refractivity contribution < 1.29 is 4.74 Å². The molecule has 0 saturated carbocycles. The van der Waals surface area contributed by atoms with Crippen molar-refractivity contribution in [3.63, 3.8) is 0 Å². The summed E-state index contributed by atoms with van der Waals surface area (Å²) in [6, 6.07) is 11.7. The maximum Gasteiger partial charge on any atom is 0.217 e. The van der Waals surface area contributed by atoms with Crippen LogP contribution in [0.5, 0.6) is 5.88 Å². The molecule has 0 atom stereocenters. The van der Waals surface area contributed by atoms with Crippen molar-refractivity contribution in [2.75, 3.05) is 6.61 Å². The Morgan fingerprint density at radius 2 is 1.95 bits per heavy atom. The number of aromatic nitrogens is 2. The monoisotopic (exact) mass is 254 g/mol. The minimum absolute atomic E-state index is 0.501. The molecule has 0 aliphatic carbocycles. The zero-order valence-corrected chi connectivity index (χ0v) is 11.4. The highest BCUT2D eigenvalue weighted by Gasteiger charge is 2.05. The van der Waals surface area contributed by atoms with E-state index in [1.165, 1.54) is 0 Å². The molecule has 98 valence electrons. The van der Waals surface area contributed by atoms with Gasteiger partial charge in [-0.05, 0) is 18.9 Å². The summed E-state index contributed by atoms with van der Waals surface area (Å²) in [5.74, 6) is 1.29. The topological polar surface area (TPSA) is 35.0 Å². The van der Waals surface area contributed by atoms with Gasteiger partial charge in [-0.25, -0.2) is 4.98 Å². The van der Waals surface area contributed by atoms with Crippen LogP contribution in [0.25, 0.3) is 11.4 Å². The second kappa shape index (κ2) is 6.14. The van der Waals surface area contributed by atoms with E-state index in [4.69, 9.17) is 4.74 Å². The minimum atomic E-state index is 0.501. The molecular weight excluding hydrogens is 236 g/mol. The quantitative estimate of drug-likeness (QED) is 0.761. The average molecular weight is 254 g/mol. The summed E-state index contributed by atoms with van der Waals surface area (Å²) in [6.07, 6.45) is 0.912. The van der Waals surface area contributed by atoms with E-state index >= 15 is 0 Å². The number of hydrogen-bond acceptors (Lipinski definition) is 3. The van der Waals surface area contributed by atoms with Crippen LogP contribution >= 0.6 is 0 Å². The molecule has 0 amide bonds. The van der Waals surface area contributed by atoms with E-state index in [-0.39, 0.29) is 0 Å². The normalized spacial score (nSPS) is 10.2. The highest BCUT2D eigenvalue weighted by atomic mass is 16.5. The van der Waals surface area contributed by atoms with Crippen molar-refractivity contribution in [1.29, 1.82) is 0 Å². The van der Waals surface area contributed by atoms with Gasteiger partial charge in [-0.2, -0.15) is 4.98 Å². The van der Waals surface area contributed by atoms with Crippen LogP contribution in [-0.4, -0.2) is 16.6 Å². The molecule has 0 spiro atoms. The fraction of sp³-hybridized carbons (Fsp3) is 0.250. The highest BCUT2D eigenvalue weighted by Crippen LogP contribution is 2.19. The lowest BCUT2D eigenvalue weighted by atomic mass is 10.2. The predicted octanol–water partition coefficient (Wildman–Crippen LogP) is 3.80. The fourth-order valence-corrected chi connectivity index (χ4v) is 1.61. The molecule has 0 aliphatic rings. The van der Waals surface area contributed by atoms with E-state index in [1.807, 2.05) is 43.3 Å². The smallest absolute Gasteiger partial charge is 0.217 e. The summed E-state index contributed by atoms with van der Waals surface area (Å²) < 4.78 is 5.65. The van der Waals surface area contributed by atoms with Gasteiger partial charge in [0.1, 0.15) is 6.61 Å². The lowest BCUT2D eigenvalue weighted by Crippen LogP contribution is -2.03. The Morgan fingerprint density at radius 3 is 2.63 bits per heavy atom. The summed E-state index contributed by atoms with van der Waals surface area (Å²) in [5.41, 5.74) is 2.94. The molecule has 0 radical (unpaired) electrons. The van der Waals surface area contributed by atoms with E-state index in [1.54, 1.807) is 0 Å². The van der Waals surface area contributed by atoms with Crippen LogP contribution in [0.2, 0.25) is 0 Å². The van der Waals surface area contributed by atoms with Crippen LogP contribution in [0.3, 0.4) is 0 Å². The molecule has 0 fully saturated rings. The molecule has 2 aromatic rings. The number of hydrogen-bond donors (Lipinski definition) is 0. The van der Waals surface area contributed by atoms with E-state index in [2.05, 4.69) is 23.5 Å². The van der Waals surface area contributed by atoms with Crippen LogP contribution in [0.1, 0.15) is 19.0 Å². The van der Waals surface area contributed by atoms with Crippen LogP contribution < -0.4 is 4.74 Å². The molecule has 3 heteroatoms. The van der Waals surface area contributed by atoms with Crippen LogP contribution in [0.15, 0.2) is 48.6 Å². The molecule has 1 aromatic carbocycles. The molecule has 19 heavy (non-hydrogen) atoms. The number of aryl methyl sites for hydroxylation is 1. The minimum Gasteiger partial charge on any atom is -0.473 e. The molecule has 0 saturated heterocycles. The molecule has 2 rings (SSSR count). The summed E-state index contributed by atoms with van der Waals surface area (Å²) in [4.78, 5) is 8.87. The Labute approximate surface area is 114 Å².